The largest absolute Gasteiger partial charge is 0.444 e. The summed E-state index contributed by atoms with van der Waals surface area (Å²) in [5.41, 5.74) is 0.272. The summed E-state index contributed by atoms with van der Waals surface area (Å²) in [5.74, 6) is 0. The van der Waals surface area contributed by atoms with Crippen LogP contribution in [0.3, 0.4) is 0 Å². The van der Waals surface area contributed by atoms with Crippen LogP contribution in [0.1, 0.15) is 33.3 Å². The number of ether oxygens (including phenoxy) is 1. The van der Waals surface area contributed by atoms with Crippen LogP contribution < -0.4 is 5.32 Å². The van der Waals surface area contributed by atoms with Crippen LogP contribution in [0.25, 0.3) is 0 Å². The molecule has 0 spiro atoms. The molecule has 0 aliphatic heterocycles. The van der Waals surface area contributed by atoms with Crippen LogP contribution in [0.2, 0.25) is 0 Å². The predicted octanol–water partition coefficient (Wildman–Crippen LogP) is 2.57. The van der Waals surface area contributed by atoms with Crippen molar-refractivity contribution >= 4 is 16.2 Å². The third kappa shape index (κ3) is 6.14. The smallest absolute Gasteiger partial charge is 0.409 e. The number of nitrogens with one attached hydrogen (secondary N) is 1. The number of hydrogen-bond donors (Lipinski definition) is 1. The molecular formula is C14H21NO5S. The Labute approximate surface area is 125 Å². The number of rotatable bonds is 4. The van der Waals surface area contributed by atoms with Gasteiger partial charge >= 0.3 is 6.09 Å². The lowest BCUT2D eigenvalue weighted by Gasteiger charge is -2.21. The average Bonchev–Trinajstić information content (AvgIpc) is 2.25. The van der Waals surface area contributed by atoms with E-state index in [9.17, 15) is 13.2 Å². The summed E-state index contributed by atoms with van der Waals surface area (Å²) in [5, 5.41) is 2.31. The van der Waals surface area contributed by atoms with Gasteiger partial charge in [0.05, 0.1) is 4.90 Å². The molecule has 0 bridgehead atoms. The maximum absolute atomic E-state index is 12.0. The monoisotopic (exact) mass is 315 g/mol. The molecule has 1 amide bonds. The molecule has 0 fully saturated rings. The van der Waals surface area contributed by atoms with Crippen LogP contribution >= 0.6 is 0 Å². The molecule has 1 aromatic rings. The van der Waals surface area contributed by atoms with Gasteiger partial charge in [-0.15, -0.1) is 0 Å². The molecule has 0 aromatic heterocycles. The predicted molar refractivity (Wildman–Crippen MR) is 78.3 cm³/mol. The third-order valence-electron chi connectivity index (χ3n) is 2.30. The highest BCUT2D eigenvalue weighted by Crippen LogP contribution is 2.14. The van der Waals surface area contributed by atoms with E-state index in [1.807, 2.05) is 6.92 Å². The summed E-state index contributed by atoms with van der Waals surface area (Å²) in [7, 11) is -3.94. The second kappa shape index (κ2) is 6.44. The van der Waals surface area contributed by atoms with E-state index in [2.05, 4.69) is 5.32 Å². The molecule has 1 aromatic carbocycles. The normalized spacial score (nSPS) is 13.6. The van der Waals surface area contributed by atoms with E-state index in [1.54, 1.807) is 32.9 Å². The topological polar surface area (TPSA) is 81.7 Å². The number of carbonyl (C=O) groups is 1. The van der Waals surface area contributed by atoms with Gasteiger partial charge in [-0.2, -0.15) is 8.42 Å². The highest BCUT2D eigenvalue weighted by Gasteiger charge is 2.22. The second-order valence-electron chi connectivity index (χ2n) is 5.65. The van der Waals surface area contributed by atoms with Gasteiger partial charge in [-0.25, -0.2) is 8.98 Å². The first-order chi connectivity index (χ1) is 9.49. The van der Waals surface area contributed by atoms with Gasteiger partial charge in [0, 0.05) is 0 Å². The molecule has 118 valence electrons. The van der Waals surface area contributed by atoms with E-state index < -0.39 is 28.0 Å². The minimum atomic E-state index is -3.94. The quantitative estimate of drug-likeness (QED) is 0.682. The molecule has 0 aliphatic carbocycles. The second-order valence-corrected chi connectivity index (χ2v) is 7.22. The molecule has 7 heteroatoms. The lowest BCUT2D eigenvalue weighted by Crippen LogP contribution is -2.39. The molecule has 1 rings (SSSR count). The zero-order chi connectivity index (χ0) is 16.3. The van der Waals surface area contributed by atoms with Crippen LogP contribution in [0.15, 0.2) is 29.2 Å². The summed E-state index contributed by atoms with van der Waals surface area (Å²) in [4.78, 5) is 11.6. The molecular weight excluding hydrogens is 294 g/mol. The van der Waals surface area contributed by atoms with E-state index in [4.69, 9.17) is 8.92 Å². The summed E-state index contributed by atoms with van der Waals surface area (Å²) < 4.78 is 33.9. The summed E-state index contributed by atoms with van der Waals surface area (Å²) in [6.45, 7) is 8.39. The van der Waals surface area contributed by atoms with Crippen molar-refractivity contribution in [1.82, 2.24) is 5.32 Å². The Kier molecular flexibility index (Phi) is 5.36. The van der Waals surface area contributed by atoms with Crippen molar-refractivity contribution in [3.63, 3.8) is 0 Å². The molecule has 1 N–H and O–H groups in total. The minimum absolute atomic E-state index is 0.0333. The molecule has 0 radical (unpaired) electrons. The molecule has 0 saturated heterocycles. The Morgan fingerprint density at radius 3 is 2.19 bits per heavy atom. The lowest BCUT2D eigenvalue weighted by molar-refractivity contribution is 0.0422. The van der Waals surface area contributed by atoms with E-state index in [0.29, 0.717) is 0 Å². The fraction of sp³-hybridized carbons (Fsp3) is 0.500. The Morgan fingerprint density at radius 1 is 1.19 bits per heavy atom. The van der Waals surface area contributed by atoms with Gasteiger partial charge in [0.25, 0.3) is 10.1 Å². The van der Waals surface area contributed by atoms with Gasteiger partial charge in [-0.1, -0.05) is 17.7 Å². The summed E-state index contributed by atoms with van der Waals surface area (Å²) in [6.07, 6.45) is -1.78. The molecule has 0 heterocycles. The number of carbonyl (C=O) groups excluding carboxylic acids is 1. The summed E-state index contributed by atoms with van der Waals surface area (Å²) in [6, 6.07) is 6.24. The number of hydrogen-bond acceptors (Lipinski definition) is 5. The summed E-state index contributed by atoms with van der Waals surface area (Å²) >= 11 is 0. The molecule has 0 saturated carbocycles. The Morgan fingerprint density at radius 2 is 1.71 bits per heavy atom. The molecule has 21 heavy (non-hydrogen) atoms. The molecule has 1 unspecified atom stereocenters. The Bertz CT molecular complexity index is 587. The molecule has 1 atom stereocenters. The van der Waals surface area contributed by atoms with Crippen molar-refractivity contribution in [1.29, 1.82) is 0 Å². The molecule has 0 aliphatic rings. The standard InChI is InChI=1S/C14H21NO5S/c1-10-6-8-12(9-7-10)21(17,18)20-11(2)15-13(16)19-14(3,4)5/h6-9,11H,1-5H3,(H,15,16). The number of aryl methyl sites for hydroxylation is 1. The Balaban J connectivity index is 2.67. The van der Waals surface area contributed by atoms with Crippen LogP contribution in [-0.4, -0.2) is 26.3 Å². The maximum Gasteiger partial charge on any atom is 0.409 e. The van der Waals surface area contributed by atoms with Gasteiger partial charge in [-0.05, 0) is 46.8 Å². The SMILES string of the molecule is Cc1ccc(S(=O)(=O)OC(C)NC(=O)OC(C)(C)C)cc1. The fourth-order valence-electron chi connectivity index (χ4n) is 1.45. The van der Waals surface area contributed by atoms with E-state index in [0.717, 1.165) is 5.56 Å². The highest BCUT2D eigenvalue weighted by molar-refractivity contribution is 7.86. The first kappa shape index (κ1) is 17.5. The lowest BCUT2D eigenvalue weighted by atomic mass is 10.2. The Hall–Kier alpha value is -1.60. The van der Waals surface area contributed by atoms with E-state index >= 15 is 0 Å². The zero-order valence-electron chi connectivity index (χ0n) is 12.8. The van der Waals surface area contributed by atoms with Gasteiger partial charge < -0.3 is 4.74 Å². The van der Waals surface area contributed by atoms with Crippen molar-refractivity contribution < 1.29 is 22.1 Å². The van der Waals surface area contributed by atoms with Crippen LogP contribution in [0.5, 0.6) is 0 Å². The first-order valence-electron chi connectivity index (χ1n) is 6.49. The van der Waals surface area contributed by atoms with E-state index in [-0.39, 0.29) is 4.90 Å². The highest BCUT2D eigenvalue weighted by atomic mass is 32.2. The van der Waals surface area contributed by atoms with Gasteiger partial charge in [0.2, 0.25) is 0 Å². The average molecular weight is 315 g/mol. The van der Waals surface area contributed by atoms with Gasteiger partial charge in [-0.3, -0.25) is 5.32 Å². The van der Waals surface area contributed by atoms with Crippen molar-refractivity contribution in [2.45, 2.75) is 51.3 Å². The van der Waals surface area contributed by atoms with Crippen molar-refractivity contribution in [2.24, 2.45) is 0 Å². The van der Waals surface area contributed by atoms with Gasteiger partial charge in [0.1, 0.15) is 11.8 Å². The van der Waals surface area contributed by atoms with Gasteiger partial charge in [0.15, 0.2) is 0 Å². The first-order valence-corrected chi connectivity index (χ1v) is 7.90. The zero-order valence-corrected chi connectivity index (χ0v) is 13.7. The van der Waals surface area contributed by atoms with Crippen LogP contribution in [0.4, 0.5) is 4.79 Å². The van der Waals surface area contributed by atoms with Crippen molar-refractivity contribution in [3.8, 4) is 0 Å². The third-order valence-corrected chi connectivity index (χ3v) is 3.69. The van der Waals surface area contributed by atoms with Crippen molar-refractivity contribution in [2.75, 3.05) is 0 Å². The fourth-order valence-corrected chi connectivity index (χ4v) is 2.46. The van der Waals surface area contributed by atoms with Crippen LogP contribution in [-0.2, 0) is 19.0 Å². The van der Waals surface area contributed by atoms with Crippen molar-refractivity contribution in [3.05, 3.63) is 29.8 Å². The van der Waals surface area contributed by atoms with E-state index in [1.165, 1.54) is 19.1 Å². The minimum Gasteiger partial charge on any atom is -0.444 e. The van der Waals surface area contributed by atoms with Crippen LogP contribution in [0, 0.1) is 6.92 Å². The molecule has 6 nitrogen and oxygen atoms in total. The number of benzene rings is 1. The number of alkyl carbamates (subject to hydrolysis) is 1. The maximum atomic E-state index is 12.0. The number of amides is 1.